The number of hydrogen-bond donors (Lipinski definition) is 1. The highest BCUT2D eigenvalue weighted by Gasteiger charge is 2.04. The van der Waals surface area contributed by atoms with Gasteiger partial charge in [0, 0.05) is 37.8 Å². The maximum Gasteiger partial charge on any atom is 0.0753 e. The molecule has 1 rings (SSSR count). The average Bonchev–Trinajstić information content (AvgIpc) is 2.34. The van der Waals surface area contributed by atoms with Gasteiger partial charge < -0.3 is 10.1 Å². The van der Waals surface area contributed by atoms with Crippen LogP contribution in [0.2, 0.25) is 0 Å². The molecule has 4 nitrogen and oxygen atoms in total. The Balaban J connectivity index is 2.07. The van der Waals surface area contributed by atoms with Crippen molar-refractivity contribution in [3.63, 3.8) is 0 Å². The summed E-state index contributed by atoms with van der Waals surface area (Å²) in [6, 6.07) is 0.220. The second-order valence-electron chi connectivity index (χ2n) is 4.60. The van der Waals surface area contributed by atoms with Crippen LogP contribution in [0.3, 0.4) is 0 Å². The monoisotopic (exact) mass is 237 g/mol. The molecule has 0 aliphatic rings. The zero-order valence-electron chi connectivity index (χ0n) is 11.0. The molecule has 0 amide bonds. The third kappa shape index (κ3) is 6.34. The number of aromatic nitrogens is 2. The Bertz CT molecular complexity index is 290. The summed E-state index contributed by atoms with van der Waals surface area (Å²) in [5.74, 6) is 0.710. The van der Waals surface area contributed by atoms with Gasteiger partial charge in [-0.25, -0.2) is 0 Å². The summed E-state index contributed by atoms with van der Waals surface area (Å²) >= 11 is 0. The topological polar surface area (TPSA) is 47.0 Å². The van der Waals surface area contributed by atoms with Gasteiger partial charge in [0.25, 0.3) is 0 Å². The maximum atomic E-state index is 5.53. The number of ether oxygens (including phenoxy) is 1. The van der Waals surface area contributed by atoms with E-state index in [1.807, 2.05) is 0 Å². The molecule has 0 bridgehead atoms. The molecule has 0 radical (unpaired) electrons. The van der Waals surface area contributed by atoms with E-state index in [1.54, 1.807) is 18.6 Å². The molecule has 1 N–H and O–H groups in total. The van der Waals surface area contributed by atoms with Gasteiger partial charge >= 0.3 is 0 Å². The van der Waals surface area contributed by atoms with Crippen molar-refractivity contribution in [1.29, 1.82) is 0 Å². The van der Waals surface area contributed by atoms with E-state index >= 15 is 0 Å². The molecule has 4 heteroatoms. The first-order valence-electron chi connectivity index (χ1n) is 6.27. The lowest BCUT2D eigenvalue weighted by Gasteiger charge is -2.13. The van der Waals surface area contributed by atoms with Crippen molar-refractivity contribution in [3.8, 4) is 0 Å². The average molecular weight is 237 g/mol. The summed E-state index contributed by atoms with van der Waals surface area (Å²) < 4.78 is 5.53. The van der Waals surface area contributed by atoms with Gasteiger partial charge in [-0.1, -0.05) is 13.8 Å². The molecule has 0 aliphatic heterocycles. The minimum Gasteiger partial charge on any atom is -0.380 e. The molecule has 17 heavy (non-hydrogen) atoms. The van der Waals surface area contributed by atoms with E-state index in [0.29, 0.717) is 5.92 Å². The fraction of sp³-hybridized carbons (Fsp3) is 0.692. The molecule has 96 valence electrons. The van der Waals surface area contributed by atoms with Crippen molar-refractivity contribution in [2.45, 2.75) is 33.2 Å². The second-order valence-corrected chi connectivity index (χ2v) is 4.60. The Kier molecular flexibility index (Phi) is 6.74. The van der Waals surface area contributed by atoms with Crippen molar-refractivity contribution in [2.24, 2.45) is 5.92 Å². The van der Waals surface area contributed by atoms with Crippen molar-refractivity contribution >= 4 is 0 Å². The van der Waals surface area contributed by atoms with Crippen molar-refractivity contribution in [2.75, 3.05) is 19.8 Å². The quantitative estimate of drug-likeness (QED) is 0.704. The van der Waals surface area contributed by atoms with Gasteiger partial charge in [-0.05, 0) is 19.3 Å². The molecule has 1 unspecified atom stereocenters. The van der Waals surface area contributed by atoms with E-state index in [-0.39, 0.29) is 6.04 Å². The lowest BCUT2D eigenvalue weighted by Crippen LogP contribution is -2.24. The predicted octanol–water partition coefficient (Wildman–Crippen LogP) is 2.19. The van der Waals surface area contributed by atoms with Crippen molar-refractivity contribution < 1.29 is 4.74 Å². The summed E-state index contributed by atoms with van der Waals surface area (Å²) in [7, 11) is 0. The van der Waals surface area contributed by atoms with Gasteiger partial charge in [-0.3, -0.25) is 9.97 Å². The molecular weight excluding hydrogens is 214 g/mol. The minimum absolute atomic E-state index is 0.220. The number of hydrogen-bond acceptors (Lipinski definition) is 4. The summed E-state index contributed by atoms with van der Waals surface area (Å²) in [5, 5.41) is 3.36. The van der Waals surface area contributed by atoms with Crippen LogP contribution in [-0.2, 0) is 4.74 Å². The molecule has 1 atom stereocenters. The van der Waals surface area contributed by atoms with Gasteiger partial charge in [-0.15, -0.1) is 0 Å². The molecule has 0 spiro atoms. The zero-order chi connectivity index (χ0) is 12.5. The maximum absolute atomic E-state index is 5.53. The molecule has 1 aromatic rings. The summed E-state index contributed by atoms with van der Waals surface area (Å²) in [6.07, 6.45) is 6.31. The Morgan fingerprint density at radius 1 is 1.24 bits per heavy atom. The van der Waals surface area contributed by atoms with Crippen LogP contribution in [0, 0.1) is 5.92 Å². The van der Waals surface area contributed by atoms with Crippen LogP contribution in [0.5, 0.6) is 0 Å². The normalized spacial score (nSPS) is 12.9. The van der Waals surface area contributed by atoms with Crippen LogP contribution in [0.4, 0.5) is 0 Å². The fourth-order valence-corrected chi connectivity index (χ4v) is 1.41. The lowest BCUT2D eigenvalue weighted by atomic mass is 10.1. The molecule has 0 aliphatic carbocycles. The van der Waals surface area contributed by atoms with Crippen molar-refractivity contribution in [1.82, 2.24) is 15.3 Å². The molecule has 0 aromatic carbocycles. The number of nitrogens with one attached hydrogen (secondary N) is 1. The lowest BCUT2D eigenvalue weighted by molar-refractivity contribution is 0.123. The van der Waals surface area contributed by atoms with E-state index in [9.17, 15) is 0 Å². The van der Waals surface area contributed by atoms with Gasteiger partial charge in [0.15, 0.2) is 0 Å². The molecule has 1 aromatic heterocycles. The third-order valence-corrected chi connectivity index (χ3v) is 2.56. The van der Waals surface area contributed by atoms with Crippen LogP contribution >= 0.6 is 0 Å². The zero-order valence-corrected chi connectivity index (χ0v) is 11.0. The highest BCUT2D eigenvalue weighted by molar-refractivity contribution is 5.00. The fourth-order valence-electron chi connectivity index (χ4n) is 1.41. The standard InChI is InChI=1S/C13H23N3O/c1-11(2)4-8-17-9-7-15-12(3)13-10-14-5-6-16-13/h5-6,10-12,15H,4,7-9H2,1-3H3. The molecule has 0 saturated carbocycles. The molecule has 0 saturated heterocycles. The van der Waals surface area contributed by atoms with E-state index < -0.39 is 0 Å². The largest absolute Gasteiger partial charge is 0.380 e. The first-order valence-corrected chi connectivity index (χ1v) is 6.27. The second kappa shape index (κ2) is 8.14. The first-order chi connectivity index (χ1) is 8.20. The SMILES string of the molecule is CC(C)CCOCCNC(C)c1cnccn1. The summed E-state index contributed by atoms with van der Waals surface area (Å²) in [4.78, 5) is 8.30. The highest BCUT2D eigenvalue weighted by atomic mass is 16.5. The van der Waals surface area contributed by atoms with Crippen LogP contribution in [-0.4, -0.2) is 29.7 Å². The van der Waals surface area contributed by atoms with E-state index in [4.69, 9.17) is 4.74 Å². The Morgan fingerprint density at radius 3 is 2.71 bits per heavy atom. The predicted molar refractivity (Wildman–Crippen MR) is 68.7 cm³/mol. The number of nitrogens with zero attached hydrogens (tertiary/aromatic N) is 2. The molecule has 0 fully saturated rings. The number of rotatable bonds is 8. The van der Waals surface area contributed by atoms with E-state index in [0.717, 1.165) is 31.9 Å². The van der Waals surface area contributed by atoms with Crippen molar-refractivity contribution in [3.05, 3.63) is 24.3 Å². The third-order valence-electron chi connectivity index (χ3n) is 2.56. The van der Waals surface area contributed by atoms with E-state index in [1.165, 1.54) is 0 Å². The molecular formula is C13H23N3O. The highest BCUT2D eigenvalue weighted by Crippen LogP contribution is 2.05. The summed E-state index contributed by atoms with van der Waals surface area (Å²) in [5.41, 5.74) is 0.967. The van der Waals surface area contributed by atoms with Gasteiger partial charge in [0.2, 0.25) is 0 Å². The Labute approximate surface area is 104 Å². The van der Waals surface area contributed by atoms with Crippen LogP contribution < -0.4 is 5.32 Å². The van der Waals surface area contributed by atoms with Gasteiger partial charge in [0.05, 0.1) is 12.3 Å². The van der Waals surface area contributed by atoms with Gasteiger partial charge in [-0.2, -0.15) is 0 Å². The Morgan fingerprint density at radius 2 is 2.06 bits per heavy atom. The van der Waals surface area contributed by atoms with Crippen LogP contribution in [0.1, 0.15) is 38.9 Å². The first kappa shape index (κ1) is 14.1. The van der Waals surface area contributed by atoms with E-state index in [2.05, 4.69) is 36.1 Å². The van der Waals surface area contributed by atoms with Gasteiger partial charge in [0.1, 0.15) is 0 Å². The van der Waals surface area contributed by atoms with Crippen LogP contribution in [0.25, 0.3) is 0 Å². The minimum atomic E-state index is 0.220. The van der Waals surface area contributed by atoms with Crippen LogP contribution in [0.15, 0.2) is 18.6 Å². The smallest absolute Gasteiger partial charge is 0.0753 e. The Hall–Kier alpha value is -1.00. The molecule has 1 heterocycles. The summed E-state index contributed by atoms with van der Waals surface area (Å²) in [6.45, 7) is 8.93.